The topological polar surface area (TPSA) is 43.8 Å². The van der Waals surface area contributed by atoms with Crippen LogP contribution >= 0.6 is 11.6 Å². The normalized spacial score (nSPS) is 13.4. The number of halogens is 1. The van der Waals surface area contributed by atoms with Crippen molar-refractivity contribution in [3.8, 4) is 0 Å². The zero-order valence-corrected chi connectivity index (χ0v) is 8.70. The predicted octanol–water partition coefficient (Wildman–Crippen LogP) is 2.04. The summed E-state index contributed by atoms with van der Waals surface area (Å²) in [6.45, 7) is 2.64. The second kappa shape index (κ2) is 3.59. The Labute approximate surface area is 87.5 Å². The van der Waals surface area contributed by atoms with Crippen molar-refractivity contribution >= 4 is 22.6 Å². The molecular weight excluding hydrogens is 198 g/mol. The van der Waals surface area contributed by atoms with E-state index in [1.807, 2.05) is 29.7 Å². The highest BCUT2D eigenvalue weighted by molar-refractivity contribution is 6.30. The second-order valence-corrected chi connectivity index (χ2v) is 3.86. The lowest BCUT2D eigenvalue weighted by molar-refractivity contribution is 0.602. The van der Waals surface area contributed by atoms with E-state index in [4.69, 9.17) is 17.3 Å². The Kier molecular flexibility index (Phi) is 2.44. The average molecular weight is 210 g/mol. The molecule has 2 rings (SSSR count). The third-order valence-corrected chi connectivity index (χ3v) is 2.39. The molecule has 0 aliphatic carbocycles. The lowest BCUT2D eigenvalue weighted by Crippen LogP contribution is -2.22. The smallest absolute Gasteiger partial charge is 0.141 e. The van der Waals surface area contributed by atoms with Gasteiger partial charge in [0.15, 0.2) is 0 Å². The van der Waals surface area contributed by atoms with Crippen LogP contribution in [-0.2, 0) is 6.54 Å². The van der Waals surface area contributed by atoms with Gasteiger partial charge in [0.1, 0.15) is 10.8 Å². The number of nitrogens with two attached hydrogens (primary N) is 1. The van der Waals surface area contributed by atoms with Gasteiger partial charge in [0.25, 0.3) is 0 Å². The number of fused-ring (bicyclic) bond motifs is 1. The molecule has 0 aromatic carbocycles. The average Bonchev–Trinajstić information content (AvgIpc) is 2.43. The molecule has 0 radical (unpaired) electrons. The molecule has 4 heteroatoms. The molecule has 0 amide bonds. The van der Waals surface area contributed by atoms with Crippen LogP contribution in [0, 0.1) is 0 Å². The summed E-state index contributed by atoms with van der Waals surface area (Å²) in [5.41, 5.74) is 6.63. The van der Waals surface area contributed by atoms with Gasteiger partial charge < -0.3 is 10.3 Å². The number of hydrogen-bond donors (Lipinski definition) is 1. The van der Waals surface area contributed by atoms with Crippen LogP contribution < -0.4 is 5.73 Å². The van der Waals surface area contributed by atoms with Crippen molar-refractivity contribution in [2.75, 3.05) is 0 Å². The monoisotopic (exact) mass is 209 g/mol. The molecule has 74 valence electrons. The van der Waals surface area contributed by atoms with Crippen LogP contribution in [0.25, 0.3) is 11.0 Å². The largest absolute Gasteiger partial charge is 0.326 e. The zero-order chi connectivity index (χ0) is 10.1. The van der Waals surface area contributed by atoms with Crippen LogP contribution in [0.4, 0.5) is 0 Å². The van der Waals surface area contributed by atoms with Crippen molar-refractivity contribution in [2.24, 2.45) is 5.73 Å². The van der Waals surface area contributed by atoms with Gasteiger partial charge in [0.05, 0.1) is 0 Å². The number of rotatable bonds is 2. The highest BCUT2D eigenvalue weighted by atomic mass is 35.5. The molecule has 3 nitrogen and oxygen atoms in total. The first-order chi connectivity index (χ1) is 6.68. The van der Waals surface area contributed by atoms with Gasteiger partial charge in [0, 0.05) is 24.2 Å². The van der Waals surface area contributed by atoms with E-state index in [1.54, 1.807) is 6.20 Å². The van der Waals surface area contributed by atoms with E-state index in [9.17, 15) is 0 Å². The van der Waals surface area contributed by atoms with Gasteiger partial charge in [-0.1, -0.05) is 11.6 Å². The van der Waals surface area contributed by atoms with E-state index in [-0.39, 0.29) is 6.04 Å². The Morgan fingerprint density at radius 3 is 3.14 bits per heavy atom. The Balaban J connectivity index is 2.56. The zero-order valence-electron chi connectivity index (χ0n) is 7.94. The summed E-state index contributed by atoms with van der Waals surface area (Å²) < 4.78 is 1.93. The lowest BCUT2D eigenvalue weighted by atomic mass is 10.3. The Morgan fingerprint density at radius 1 is 1.64 bits per heavy atom. The maximum absolute atomic E-state index is 6.08. The van der Waals surface area contributed by atoms with Crippen LogP contribution in [0.2, 0.25) is 5.15 Å². The highest BCUT2D eigenvalue weighted by Gasteiger charge is 2.08. The van der Waals surface area contributed by atoms with Crippen molar-refractivity contribution in [1.29, 1.82) is 0 Å². The molecule has 0 saturated carbocycles. The first-order valence-corrected chi connectivity index (χ1v) is 4.91. The first kappa shape index (κ1) is 9.49. The van der Waals surface area contributed by atoms with Crippen molar-refractivity contribution in [1.82, 2.24) is 9.55 Å². The van der Waals surface area contributed by atoms with E-state index in [0.29, 0.717) is 11.7 Å². The summed E-state index contributed by atoms with van der Waals surface area (Å²) in [5.74, 6) is 0. The number of nitrogens with zero attached hydrogens (tertiary/aromatic N) is 2. The van der Waals surface area contributed by atoms with Crippen LogP contribution in [0.5, 0.6) is 0 Å². The van der Waals surface area contributed by atoms with Crippen LogP contribution in [0.1, 0.15) is 6.92 Å². The number of pyridine rings is 1. The minimum absolute atomic E-state index is 0.0742. The lowest BCUT2D eigenvalue weighted by Gasteiger charge is -2.08. The van der Waals surface area contributed by atoms with E-state index in [0.717, 1.165) is 11.0 Å². The Bertz CT molecular complexity index is 448. The molecule has 2 N–H and O–H groups in total. The molecule has 0 fully saturated rings. The summed E-state index contributed by atoms with van der Waals surface area (Å²) in [6.07, 6.45) is 1.76. The maximum atomic E-state index is 6.08. The molecule has 1 unspecified atom stereocenters. The molecule has 0 saturated heterocycles. The Morgan fingerprint density at radius 2 is 2.43 bits per heavy atom. The molecule has 0 aliphatic heterocycles. The molecule has 2 aromatic rings. The molecular formula is C10H12ClN3. The van der Waals surface area contributed by atoms with E-state index < -0.39 is 0 Å². The minimum atomic E-state index is 0.0742. The van der Waals surface area contributed by atoms with Gasteiger partial charge in [-0.25, -0.2) is 4.98 Å². The summed E-state index contributed by atoms with van der Waals surface area (Å²) >= 11 is 6.08. The van der Waals surface area contributed by atoms with Crippen molar-refractivity contribution in [3.05, 3.63) is 29.5 Å². The van der Waals surface area contributed by atoms with Crippen LogP contribution in [-0.4, -0.2) is 15.6 Å². The van der Waals surface area contributed by atoms with E-state index in [1.165, 1.54) is 0 Å². The second-order valence-electron chi connectivity index (χ2n) is 3.47. The molecule has 0 bridgehead atoms. The van der Waals surface area contributed by atoms with E-state index in [2.05, 4.69) is 4.98 Å². The van der Waals surface area contributed by atoms with Crippen molar-refractivity contribution in [2.45, 2.75) is 19.5 Å². The number of aromatic nitrogens is 2. The van der Waals surface area contributed by atoms with Crippen LogP contribution in [0.15, 0.2) is 24.4 Å². The highest BCUT2D eigenvalue weighted by Crippen LogP contribution is 2.21. The summed E-state index contributed by atoms with van der Waals surface area (Å²) in [4.78, 5) is 4.28. The molecule has 2 aromatic heterocycles. The molecule has 0 spiro atoms. The molecule has 14 heavy (non-hydrogen) atoms. The maximum Gasteiger partial charge on any atom is 0.141 e. The summed E-state index contributed by atoms with van der Waals surface area (Å²) in [6, 6.07) is 5.87. The SMILES string of the molecule is CC(N)Cn1c(Cl)cc2cccnc21. The van der Waals surface area contributed by atoms with Gasteiger partial charge in [-0.3, -0.25) is 0 Å². The van der Waals surface area contributed by atoms with Gasteiger partial charge in [-0.2, -0.15) is 0 Å². The van der Waals surface area contributed by atoms with Crippen molar-refractivity contribution in [3.63, 3.8) is 0 Å². The fraction of sp³-hybridized carbons (Fsp3) is 0.300. The summed E-state index contributed by atoms with van der Waals surface area (Å²) in [5, 5.41) is 1.74. The predicted molar refractivity (Wildman–Crippen MR) is 58.4 cm³/mol. The van der Waals surface area contributed by atoms with Crippen LogP contribution in [0.3, 0.4) is 0 Å². The number of hydrogen-bond acceptors (Lipinski definition) is 2. The quantitative estimate of drug-likeness (QED) is 0.823. The molecule has 2 heterocycles. The van der Waals surface area contributed by atoms with Gasteiger partial charge in [0.2, 0.25) is 0 Å². The van der Waals surface area contributed by atoms with E-state index >= 15 is 0 Å². The third kappa shape index (κ3) is 1.61. The Hall–Kier alpha value is -1.06. The summed E-state index contributed by atoms with van der Waals surface area (Å²) in [7, 11) is 0. The van der Waals surface area contributed by atoms with Gasteiger partial charge in [-0.15, -0.1) is 0 Å². The first-order valence-electron chi connectivity index (χ1n) is 4.54. The molecule has 0 aliphatic rings. The molecule has 1 atom stereocenters. The third-order valence-electron chi connectivity index (χ3n) is 2.08. The van der Waals surface area contributed by atoms with Gasteiger partial charge in [-0.05, 0) is 25.1 Å². The van der Waals surface area contributed by atoms with Gasteiger partial charge >= 0.3 is 0 Å². The van der Waals surface area contributed by atoms with Crippen molar-refractivity contribution < 1.29 is 0 Å². The minimum Gasteiger partial charge on any atom is -0.326 e. The standard InChI is InChI=1S/C10H12ClN3/c1-7(12)6-14-9(11)5-8-3-2-4-13-10(8)14/h2-5,7H,6,12H2,1H3. The fourth-order valence-corrected chi connectivity index (χ4v) is 1.78. The fourth-order valence-electron chi connectivity index (χ4n) is 1.52.